The molecular weight excluding hydrogens is 298 g/mol. The van der Waals surface area contributed by atoms with Crippen LogP contribution in [0.4, 0.5) is 5.69 Å². The fourth-order valence-electron chi connectivity index (χ4n) is 2.51. The minimum atomic E-state index is -0.201. The number of likely N-dealkylation sites (tertiary alicyclic amines) is 1. The van der Waals surface area contributed by atoms with Crippen molar-refractivity contribution in [3.63, 3.8) is 0 Å². The summed E-state index contributed by atoms with van der Waals surface area (Å²) in [7, 11) is 0. The Morgan fingerprint density at radius 3 is 2.73 bits per heavy atom. The zero-order valence-corrected chi connectivity index (χ0v) is 12.8. The van der Waals surface area contributed by atoms with E-state index in [1.54, 1.807) is 35.2 Å². The summed E-state index contributed by atoms with van der Waals surface area (Å²) in [5.41, 5.74) is 6.90. The highest BCUT2D eigenvalue weighted by Crippen LogP contribution is 2.21. The number of carbonyl (C=O) groups excluding carboxylic acids is 2. The maximum Gasteiger partial charge on any atom is 0.265 e. The van der Waals surface area contributed by atoms with Gasteiger partial charge in [0.05, 0.1) is 16.1 Å². The molecule has 1 aliphatic rings. The standard InChI is InChI=1S/C16H17N3O2S/c17-11-7-8-19(10-11)16(21)12-4-1-2-5-13(12)18-15(20)14-6-3-9-22-14/h1-6,9,11H,7-8,10,17H2,(H,18,20)/t11-/m1/s1. The molecule has 0 aliphatic carbocycles. The molecule has 1 aromatic heterocycles. The Kier molecular flexibility index (Phi) is 4.22. The molecule has 3 N–H and O–H groups in total. The Morgan fingerprint density at radius 1 is 1.23 bits per heavy atom. The van der Waals surface area contributed by atoms with Gasteiger partial charge in [0.2, 0.25) is 0 Å². The SMILES string of the molecule is N[C@@H]1CCN(C(=O)c2ccccc2NC(=O)c2cccs2)C1. The van der Waals surface area contributed by atoms with E-state index in [-0.39, 0.29) is 17.9 Å². The first-order chi connectivity index (χ1) is 10.6. The van der Waals surface area contributed by atoms with E-state index in [9.17, 15) is 9.59 Å². The van der Waals surface area contributed by atoms with Gasteiger partial charge < -0.3 is 16.0 Å². The molecule has 5 nitrogen and oxygen atoms in total. The zero-order chi connectivity index (χ0) is 15.5. The van der Waals surface area contributed by atoms with Crippen LogP contribution in [0.25, 0.3) is 0 Å². The Morgan fingerprint density at radius 2 is 2.05 bits per heavy atom. The molecule has 114 valence electrons. The number of para-hydroxylation sites is 1. The number of nitrogens with one attached hydrogen (secondary N) is 1. The van der Waals surface area contributed by atoms with Crippen LogP contribution in [0.15, 0.2) is 41.8 Å². The van der Waals surface area contributed by atoms with Crippen molar-refractivity contribution in [2.75, 3.05) is 18.4 Å². The lowest BCUT2D eigenvalue weighted by atomic mass is 10.1. The van der Waals surface area contributed by atoms with Crippen LogP contribution in [-0.2, 0) is 0 Å². The Hall–Kier alpha value is -2.18. The van der Waals surface area contributed by atoms with Gasteiger partial charge in [-0.1, -0.05) is 18.2 Å². The van der Waals surface area contributed by atoms with Crippen LogP contribution in [0.5, 0.6) is 0 Å². The topological polar surface area (TPSA) is 75.4 Å². The van der Waals surface area contributed by atoms with Gasteiger partial charge in [0.15, 0.2) is 0 Å². The van der Waals surface area contributed by atoms with E-state index >= 15 is 0 Å². The number of amides is 2. The number of nitrogens with two attached hydrogens (primary N) is 1. The largest absolute Gasteiger partial charge is 0.337 e. The van der Waals surface area contributed by atoms with E-state index in [1.165, 1.54) is 11.3 Å². The van der Waals surface area contributed by atoms with Crippen molar-refractivity contribution in [2.45, 2.75) is 12.5 Å². The van der Waals surface area contributed by atoms with Crippen LogP contribution in [0.1, 0.15) is 26.5 Å². The van der Waals surface area contributed by atoms with Gasteiger partial charge >= 0.3 is 0 Å². The zero-order valence-electron chi connectivity index (χ0n) is 12.0. The molecule has 0 unspecified atom stereocenters. The van der Waals surface area contributed by atoms with Crippen molar-refractivity contribution in [1.29, 1.82) is 0 Å². The normalized spacial score (nSPS) is 17.5. The van der Waals surface area contributed by atoms with Gasteiger partial charge in [-0.05, 0) is 30.0 Å². The minimum Gasteiger partial charge on any atom is -0.337 e. The lowest BCUT2D eigenvalue weighted by Crippen LogP contribution is -2.32. The number of hydrogen-bond acceptors (Lipinski definition) is 4. The summed E-state index contributed by atoms with van der Waals surface area (Å²) in [6, 6.07) is 10.7. The van der Waals surface area contributed by atoms with Crippen LogP contribution in [0.3, 0.4) is 0 Å². The number of thiophene rings is 1. The van der Waals surface area contributed by atoms with Gasteiger partial charge in [-0.2, -0.15) is 0 Å². The second kappa shape index (κ2) is 6.29. The molecule has 0 radical (unpaired) electrons. The summed E-state index contributed by atoms with van der Waals surface area (Å²) in [6.07, 6.45) is 0.815. The van der Waals surface area contributed by atoms with E-state index < -0.39 is 0 Å². The molecular formula is C16H17N3O2S. The molecule has 1 fully saturated rings. The molecule has 0 bridgehead atoms. The Bertz CT molecular complexity index is 684. The average Bonchev–Trinajstić information content (AvgIpc) is 3.18. The molecule has 2 amide bonds. The smallest absolute Gasteiger partial charge is 0.265 e. The van der Waals surface area contributed by atoms with Gasteiger partial charge in [0.25, 0.3) is 11.8 Å². The summed E-state index contributed by atoms with van der Waals surface area (Å²) < 4.78 is 0. The lowest BCUT2D eigenvalue weighted by molar-refractivity contribution is 0.0792. The predicted molar refractivity (Wildman–Crippen MR) is 87.2 cm³/mol. The number of nitrogens with zero attached hydrogens (tertiary/aromatic N) is 1. The van der Waals surface area contributed by atoms with Gasteiger partial charge in [-0.25, -0.2) is 0 Å². The fraction of sp³-hybridized carbons (Fsp3) is 0.250. The molecule has 6 heteroatoms. The third-order valence-corrected chi connectivity index (χ3v) is 4.53. The van der Waals surface area contributed by atoms with Crippen LogP contribution in [0, 0.1) is 0 Å². The first kappa shape index (κ1) is 14.7. The van der Waals surface area contributed by atoms with E-state index in [2.05, 4.69) is 5.32 Å². The lowest BCUT2D eigenvalue weighted by Gasteiger charge is -2.18. The summed E-state index contributed by atoms with van der Waals surface area (Å²) in [5.74, 6) is -0.289. The minimum absolute atomic E-state index is 0.0387. The number of rotatable bonds is 3. The molecule has 0 saturated carbocycles. The van der Waals surface area contributed by atoms with Crippen LogP contribution < -0.4 is 11.1 Å². The van der Waals surface area contributed by atoms with Crippen molar-refractivity contribution >= 4 is 28.8 Å². The highest BCUT2D eigenvalue weighted by atomic mass is 32.1. The fourth-order valence-corrected chi connectivity index (χ4v) is 3.13. The van der Waals surface area contributed by atoms with Crippen molar-refractivity contribution in [2.24, 2.45) is 5.73 Å². The highest BCUT2D eigenvalue weighted by molar-refractivity contribution is 7.12. The number of anilines is 1. The molecule has 2 heterocycles. The van der Waals surface area contributed by atoms with E-state index in [0.29, 0.717) is 29.2 Å². The van der Waals surface area contributed by atoms with Crippen molar-refractivity contribution < 1.29 is 9.59 Å². The van der Waals surface area contributed by atoms with E-state index in [0.717, 1.165) is 6.42 Å². The maximum atomic E-state index is 12.6. The first-order valence-electron chi connectivity index (χ1n) is 7.14. The van der Waals surface area contributed by atoms with Crippen LogP contribution >= 0.6 is 11.3 Å². The third-order valence-electron chi connectivity index (χ3n) is 3.66. The highest BCUT2D eigenvalue weighted by Gasteiger charge is 2.26. The van der Waals surface area contributed by atoms with Gasteiger partial charge in [0, 0.05) is 19.1 Å². The summed E-state index contributed by atoms with van der Waals surface area (Å²) in [4.78, 5) is 27.1. The van der Waals surface area contributed by atoms with Gasteiger partial charge in [-0.15, -0.1) is 11.3 Å². The third kappa shape index (κ3) is 3.03. The van der Waals surface area contributed by atoms with Gasteiger partial charge in [0.1, 0.15) is 0 Å². The maximum absolute atomic E-state index is 12.6. The molecule has 0 spiro atoms. The Balaban J connectivity index is 1.81. The number of hydrogen-bond donors (Lipinski definition) is 2. The molecule has 3 rings (SSSR count). The summed E-state index contributed by atoms with van der Waals surface area (Å²) in [5, 5.41) is 4.67. The average molecular weight is 315 g/mol. The monoisotopic (exact) mass is 315 g/mol. The number of carbonyl (C=O) groups is 2. The molecule has 1 saturated heterocycles. The van der Waals surface area contributed by atoms with Crippen molar-refractivity contribution in [1.82, 2.24) is 4.90 Å². The summed E-state index contributed by atoms with van der Waals surface area (Å²) >= 11 is 1.37. The predicted octanol–water partition coefficient (Wildman–Crippen LogP) is 2.17. The van der Waals surface area contributed by atoms with Crippen molar-refractivity contribution in [3.8, 4) is 0 Å². The molecule has 1 atom stereocenters. The van der Waals surface area contributed by atoms with E-state index in [1.807, 2.05) is 11.4 Å². The van der Waals surface area contributed by atoms with Crippen LogP contribution in [0.2, 0.25) is 0 Å². The first-order valence-corrected chi connectivity index (χ1v) is 8.02. The summed E-state index contributed by atoms with van der Waals surface area (Å²) in [6.45, 7) is 1.22. The molecule has 1 aliphatic heterocycles. The van der Waals surface area contributed by atoms with Gasteiger partial charge in [-0.3, -0.25) is 9.59 Å². The number of benzene rings is 1. The molecule has 1 aromatic carbocycles. The van der Waals surface area contributed by atoms with Crippen molar-refractivity contribution in [3.05, 3.63) is 52.2 Å². The molecule has 2 aromatic rings. The van der Waals surface area contributed by atoms with Crippen LogP contribution in [-0.4, -0.2) is 35.8 Å². The second-order valence-corrected chi connectivity index (χ2v) is 6.22. The second-order valence-electron chi connectivity index (χ2n) is 5.28. The van der Waals surface area contributed by atoms with E-state index in [4.69, 9.17) is 5.73 Å². The quantitative estimate of drug-likeness (QED) is 0.911. The Labute approximate surface area is 132 Å². The molecule has 22 heavy (non-hydrogen) atoms.